The summed E-state index contributed by atoms with van der Waals surface area (Å²) in [4.78, 5) is 12.3. The van der Waals surface area contributed by atoms with Gasteiger partial charge in [0.1, 0.15) is 18.8 Å². The Morgan fingerprint density at radius 2 is 1.87 bits per heavy atom. The van der Waals surface area contributed by atoms with Crippen LogP contribution >= 0.6 is 22.6 Å². The van der Waals surface area contributed by atoms with Crippen LogP contribution in [0.1, 0.15) is 26.3 Å². The number of benzene rings is 2. The van der Waals surface area contributed by atoms with E-state index in [4.69, 9.17) is 18.9 Å². The third-order valence-electron chi connectivity index (χ3n) is 5.41. The third-order valence-corrected chi connectivity index (χ3v) is 6.28. The second-order valence-corrected chi connectivity index (χ2v) is 9.73. The summed E-state index contributed by atoms with van der Waals surface area (Å²) in [5.41, 5.74) is 0.294. The summed E-state index contributed by atoms with van der Waals surface area (Å²) in [7, 11) is 1.51. The van der Waals surface area contributed by atoms with Crippen LogP contribution in [0, 0.1) is 11.3 Å². The van der Waals surface area contributed by atoms with E-state index >= 15 is 4.39 Å². The predicted molar refractivity (Wildman–Crippen MR) is 126 cm³/mol. The van der Waals surface area contributed by atoms with E-state index in [-0.39, 0.29) is 19.2 Å². The molecular weight excluding hydrogens is 514 g/mol. The number of rotatable bonds is 7. The average molecular weight is 544 g/mol. The van der Waals surface area contributed by atoms with Crippen molar-refractivity contribution in [1.82, 2.24) is 0 Å². The molecule has 0 aromatic heterocycles. The fourth-order valence-electron chi connectivity index (χ4n) is 3.60. The first-order valence-electron chi connectivity index (χ1n) is 10.4. The molecule has 5 nitrogen and oxygen atoms in total. The Labute approximate surface area is 196 Å². The van der Waals surface area contributed by atoms with Crippen molar-refractivity contribution in [3.63, 3.8) is 0 Å². The van der Waals surface area contributed by atoms with E-state index in [1.807, 2.05) is 42.5 Å². The lowest BCUT2D eigenvalue weighted by molar-refractivity contribution is -0.271. The molecule has 1 heterocycles. The summed E-state index contributed by atoms with van der Waals surface area (Å²) in [5.74, 6) is -0.937. The Morgan fingerprint density at radius 3 is 2.52 bits per heavy atom. The quantitative estimate of drug-likeness (QED) is 0.277. The maximum atomic E-state index is 15.3. The zero-order valence-electron chi connectivity index (χ0n) is 18.3. The molecule has 5 atom stereocenters. The Kier molecular flexibility index (Phi) is 8.29. The number of ether oxygens (including phenoxy) is 4. The van der Waals surface area contributed by atoms with Gasteiger partial charge in [-0.15, -0.1) is 0 Å². The maximum absolute atomic E-state index is 15.3. The molecule has 0 saturated carbocycles. The van der Waals surface area contributed by atoms with Gasteiger partial charge in [0.05, 0.1) is 17.9 Å². The molecule has 0 amide bonds. The summed E-state index contributed by atoms with van der Waals surface area (Å²) < 4.78 is 38.7. The summed E-state index contributed by atoms with van der Waals surface area (Å²) in [6.07, 6.45) is -3.55. The van der Waals surface area contributed by atoms with Gasteiger partial charge in [-0.25, -0.2) is 4.39 Å². The largest absolute Gasteiger partial charge is 0.465 e. The topological polar surface area (TPSA) is 54.0 Å². The first-order valence-corrected chi connectivity index (χ1v) is 11.9. The van der Waals surface area contributed by atoms with Gasteiger partial charge in [-0.3, -0.25) is 4.79 Å². The molecule has 1 aliphatic heterocycles. The molecule has 0 unspecified atom stereocenters. The number of methoxy groups -OCH3 is 1. The number of hydrogen-bond acceptors (Lipinski definition) is 5. The van der Waals surface area contributed by atoms with E-state index in [1.54, 1.807) is 20.8 Å². The fraction of sp³-hybridized carbons (Fsp3) is 0.542. The molecule has 3 rings (SSSR count). The number of hydrogen-bond donors (Lipinski definition) is 0. The minimum atomic E-state index is -1.36. The van der Waals surface area contributed by atoms with E-state index in [0.29, 0.717) is 4.43 Å². The van der Waals surface area contributed by atoms with Gasteiger partial charge in [0.15, 0.2) is 12.5 Å². The molecule has 0 radical (unpaired) electrons. The summed E-state index contributed by atoms with van der Waals surface area (Å²) in [6, 6.07) is 14.1. The average Bonchev–Trinajstić information content (AvgIpc) is 2.75. The van der Waals surface area contributed by atoms with Crippen molar-refractivity contribution in [3.05, 3.63) is 48.0 Å². The number of fused-ring (bicyclic) bond motifs is 1. The highest BCUT2D eigenvalue weighted by atomic mass is 127. The van der Waals surface area contributed by atoms with Crippen molar-refractivity contribution in [2.45, 2.75) is 52.0 Å². The van der Waals surface area contributed by atoms with Gasteiger partial charge in [-0.05, 0) is 43.2 Å². The standard InChI is InChI=1S/C24H30FIO5/c1-24(2,3)23(27)30-14-18-21(20(25)19(12-26)31-22(18)28-4)29-13-15-9-10-16-7-5-6-8-17(16)11-15/h5-11,18-22H,12-14H2,1-4H3/t18-,19-,20+,21-,22+/m1/s1. The molecule has 0 N–H and O–H groups in total. The highest BCUT2D eigenvalue weighted by molar-refractivity contribution is 14.1. The Hall–Kier alpha value is -1.29. The third kappa shape index (κ3) is 5.94. The van der Waals surface area contributed by atoms with Crippen LogP contribution in [0.5, 0.6) is 0 Å². The molecule has 1 aliphatic rings. The van der Waals surface area contributed by atoms with Crippen LogP contribution in [0.25, 0.3) is 10.8 Å². The van der Waals surface area contributed by atoms with Crippen molar-refractivity contribution in [3.8, 4) is 0 Å². The Bertz CT molecular complexity index is 884. The maximum Gasteiger partial charge on any atom is 0.311 e. The molecule has 170 valence electrons. The molecule has 1 fully saturated rings. The highest BCUT2D eigenvalue weighted by Gasteiger charge is 2.47. The van der Waals surface area contributed by atoms with Crippen LogP contribution < -0.4 is 0 Å². The molecule has 7 heteroatoms. The zero-order chi connectivity index (χ0) is 22.6. The fourth-order valence-corrected chi connectivity index (χ4v) is 4.29. The van der Waals surface area contributed by atoms with Crippen molar-refractivity contribution in [2.24, 2.45) is 11.3 Å². The number of esters is 1. The normalized spacial score (nSPS) is 26.7. The van der Waals surface area contributed by atoms with E-state index in [1.165, 1.54) is 7.11 Å². The Balaban J connectivity index is 1.77. The first-order chi connectivity index (χ1) is 14.7. The molecule has 0 spiro atoms. The van der Waals surface area contributed by atoms with Crippen LogP contribution in [0.4, 0.5) is 4.39 Å². The number of halogens is 2. The van der Waals surface area contributed by atoms with E-state index in [9.17, 15) is 4.79 Å². The summed E-state index contributed by atoms with van der Waals surface area (Å²) >= 11 is 2.10. The smallest absolute Gasteiger partial charge is 0.311 e. The number of carbonyl (C=O) groups excluding carboxylic acids is 1. The molecule has 2 aromatic rings. The molecule has 2 aromatic carbocycles. The summed E-state index contributed by atoms with van der Waals surface area (Å²) in [5, 5.41) is 2.24. The van der Waals surface area contributed by atoms with E-state index < -0.39 is 36.0 Å². The van der Waals surface area contributed by atoms with E-state index in [2.05, 4.69) is 22.6 Å². The van der Waals surface area contributed by atoms with Crippen LogP contribution in [0.15, 0.2) is 42.5 Å². The second kappa shape index (κ2) is 10.6. The summed E-state index contributed by atoms with van der Waals surface area (Å²) in [6.45, 7) is 5.53. The lowest BCUT2D eigenvalue weighted by Crippen LogP contribution is -2.56. The second-order valence-electron chi connectivity index (χ2n) is 8.85. The van der Waals surface area contributed by atoms with Gasteiger partial charge in [-0.1, -0.05) is 59.0 Å². The van der Waals surface area contributed by atoms with E-state index in [0.717, 1.165) is 16.3 Å². The van der Waals surface area contributed by atoms with Crippen molar-refractivity contribution < 1.29 is 28.1 Å². The molecular formula is C24H30FIO5. The van der Waals surface area contributed by atoms with Crippen LogP contribution in [0.3, 0.4) is 0 Å². The van der Waals surface area contributed by atoms with Crippen LogP contribution in [-0.4, -0.2) is 48.8 Å². The van der Waals surface area contributed by atoms with Crippen molar-refractivity contribution >= 4 is 39.3 Å². The van der Waals surface area contributed by atoms with Crippen molar-refractivity contribution in [2.75, 3.05) is 18.1 Å². The van der Waals surface area contributed by atoms with Gasteiger partial charge in [0, 0.05) is 11.5 Å². The van der Waals surface area contributed by atoms with Gasteiger partial charge >= 0.3 is 5.97 Å². The lowest BCUT2D eigenvalue weighted by Gasteiger charge is -2.42. The first kappa shape index (κ1) is 24.4. The minimum absolute atomic E-state index is 0.0363. The highest BCUT2D eigenvalue weighted by Crippen LogP contribution is 2.33. The SMILES string of the molecule is CO[C@H]1O[C@H](CI)[C@H](F)[C@H](OCc2ccc3ccccc3c2)[C@H]1COC(=O)C(C)(C)C. The van der Waals surface area contributed by atoms with Gasteiger partial charge in [0.25, 0.3) is 0 Å². The molecule has 0 bridgehead atoms. The predicted octanol–water partition coefficient (Wildman–Crippen LogP) is 5.07. The van der Waals surface area contributed by atoms with Crippen LogP contribution in [-0.2, 0) is 30.3 Å². The minimum Gasteiger partial charge on any atom is -0.465 e. The van der Waals surface area contributed by atoms with Gasteiger partial charge in [0.2, 0.25) is 0 Å². The molecule has 0 aliphatic carbocycles. The van der Waals surface area contributed by atoms with Gasteiger partial charge in [-0.2, -0.15) is 0 Å². The monoisotopic (exact) mass is 544 g/mol. The van der Waals surface area contributed by atoms with Crippen molar-refractivity contribution in [1.29, 1.82) is 0 Å². The van der Waals surface area contributed by atoms with Gasteiger partial charge < -0.3 is 18.9 Å². The lowest BCUT2D eigenvalue weighted by atomic mass is 9.92. The Morgan fingerprint density at radius 1 is 1.16 bits per heavy atom. The zero-order valence-corrected chi connectivity index (χ0v) is 20.5. The number of alkyl halides is 2. The van der Waals surface area contributed by atoms with Crippen LogP contribution in [0.2, 0.25) is 0 Å². The number of carbonyl (C=O) groups is 1. The molecule has 31 heavy (non-hydrogen) atoms. The molecule has 1 saturated heterocycles.